The molecule has 1 atom stereocenters. The van der Waals surface area contributed by atoms with Gasteiger partial charge in [-0.25, -0.2) is 13.1 Å². The molecule has 0 aliphatic heterocycles. The molecule has 2 N–H and O–H groups in total. The van der Waals surface area contributed by atoms with E-state index in [1.54, 1.807) is 0 Å². The number of rotatable bonds is 7. The van der Waals surface area contributed by atoms with Crippen molar-refractivity contribution in [2.45, 2.75) is 19.4 Å². The third-order valence-electron chi connectivity index (χ3n) is 2.54. The van der Waals surface area contributed by atoms with Crippen molar-refractivity contribution < 1.29 is 8.42 Å². The average Bonchev–Trinajstić information content (AvgIpc) is 2.27. The van der Waals surface area contributed by atoms with Crippen LogP contribution in [0.15, 0.2) is 24.3 Å². The summed E-state index contributed by atoms with van der Waals surface area (Å²) in [7, 11) is -3.06. The number of sulfonamides is 1. The molecule has 4 nitrogen and oxygen atoms in total. The Morgan fingerprint density at radius 3 is 2.39 bits per heavy atom. The maximum atomic E-state index is 10.8. The van der Waals surface area contributed by atoms with E-state index in [9.17, 15) is 8.42 Å². The molecular weight excluding hydrogens is 363 g/mol. The van der Waals surface area contributed by atoms with Crippen LogP contribution in [0.2, 0.25) is 0 Å². The monoisotopic (exact) mass is 382 g/mol. The van der Waals surface area contributed by atoms with Gasteiger partial charge in [0.2, 0.25) is 10.0 Å². The fraction of sp³-hybridized carbons (Fsp3) is 0.500. The van der Waals surface area contributed by atoms with E-state index >= 15 is 0 Å². The Kier molecular flexibility index (Phi) is 6.54. The Bertz CT molecular complexity index is 459. The molecule has 0 saturated carbocycles. The topological polar surface area (TPSA) is 58.2 Å². The average molecular weight is 382 g/mol. The number of hydrogen-bond acceptors (Lipinski definition) is 3. The normalized spacial score (nSPS) is 13.5. The zero-order valence-electron chi connectivity index (χ0n) is 10.6. The largest absolute Gasteiger partial charge is 0.310 e. The third-order valence-corrected chi connectivity index (χ3v) is 3.99. The Morgan fingerprint density at radius 2 is 1.83 bits per heavy atom. The van der Waals surface area contributed by atoms with Gasteiger partial charge in [0, 0.05) is 16.2 Å². The molecule has 1 unspecified atom stereocenters. The van der Waals surface area contributed by atoms with Gasteiger partial charge in [0.25, 0.3) is 0 Å². The predicted molar refractivity (Wildman–Crippen MR) is 83.0 cm³/mol. The first-order valence-corrected chi connectivity index (χ1v) is 8.79. The zero-order chi connectivity index (χ0) is 13.6. The van der Waals surface area contributed by atoms with Gasteiger partial charge in [-0.05, 0) is 60.2 Å². The van der Waals surface area contributed by atoms with E-state index in [2.05, 4.69) is 63.8 Å². The summed E-state index contributed by atoms with van der Waals surface area (Å²) >= 11 is 2.28. The fourth-order valence-electron chi connectivity index (χ4n) is 1.53. The Balaban J connectivity index is 2.25. The second kappa shape index (κ2) is 7.42. The summed E-state index contributed by atoms with van der Waals surface area (Å²) < 4.78 is 25.4. The first-order chi connectivity index (χ1) is 8.38. The van der Waals surface area contributed by atoms with E-state index in [4.69, 9.17) is 0 Å². The molecule has 1 aromatic carbocycles. The van der Waals surface area contributed by atoms with Crippen LogP contribution in [0.5, 0.6) is 0 Å². The quantitative estimate of drug-likeness (QED) is 0.559. The Labute approximate surface area is 123 Å². The summed E-state index contributed by atoms with van der Waals surface area (Å²) in [5.74, 6) is 0. The van der Waals surface area contributed by atoms with E-state index in [1.807, 2.05) is 0 Å². The first-order valence-electron chi connectivity index (χ1n) is 5.82. The summed E-state index contributed by atoms with van der Waals surface area (Å²) in [5, 5.41) is 3.37. The van der Waals surface area contributed by atoms with Gasteiger partial charge in [-0.15, -0.1) is 0 Å². The van der Waals surface area contributed by atoms with Gasteiger partial charge >= 0.3 is 0 Å². The molecule has 0 aromatic heterocycles. The van der Waals surface area contributed by atoms with Gasteiger partial charge in [0.05, 0.1) is 6.26 Å². The lowest BCUT2D eigenvalue weighted by Crippen LogP contribution is -2.27. The van der Waals surface area contributed by atoms with E-state index in [0.29, 0.717) is 6.54 Å². The van der Waals surface area contributed by atoms with Crippen LogP contribution in [-0.4, -0.2) is 27.8 Å². The molecule has 0 saturated heterocycles. The molecule has 0 amide bonds. The molecule has 18 heavy (non-hydrogen) atoms. The molecule has 102 valence electrons. The first kappa shape index (κ1) is 15.9. The van der Waals surface area contributed by atoms with Gasteiger partial charge in [0.15, 0.2) is 0 Å². The number of halogens is 1. The molecule has 0 bridgehead atoms. The van der Waals surface area contributed by atoms with Gasteiger partial charge < -0.3 is 5.32 Å². The van der Waals surface area contributed by atoms with Crippen LogP contribution >= 0.6 is 22.6 Å². The highest BCUT2D eigenvalue weighted by molar-refractivity contribution is 14.1. The van der Waals surface area contributed by atoms with E-state index in [0.717, 1.165) is 13.0 Å². The predicted octanol–water partition coefficient (Wildman–Crippen LogP) is 1.88. The van der Waals surface area contributed by atoms with Crippen molar-refractivity contribution in [1.29, 1.82) is 0 Å². The van der Waals surface area contributed by atoms with E-state index in [-0.39, 0.29) is 6.04 Å². The molecule has 1 aromatic rings. The molecule has 0 heterocycles. The summed E-state index contributed by atoms with van der Waals surface area (Å²) in [6, 6.07) is 8.65. The van der Waals surface area contributed by atoms with Crippen LogP contribution in [0.25, 0.3) is 0 Å². The highest BCUT2D eigenvalue weighted by Gasteiger charge is 2.04. The van der Waals surface area contributed by atoms with Crippen LogP contribution in [0.1, 0.15) is 24.9 Å². The highest BCUT2D eigenvalue weighted by Crippen LogP contribution is 2.14. The van der Waals surface area contributed by atoms with E-state index < -0.39 is 10.0 Å². The summed E-state index contributed by atoms with van der Waals surface area (Å²) in [6.45, 7) is 3.37. The second-order valence-electron chi connectivity index (χ2n) is 4.25. The zero-order valence-corrected chi connectivity index (χ0v) is 13.6. The maximum absolute atomic E-state index is 10.8. The van der Waals surface area contributed by atoms with Gasteiger partial charge in [-0.1, -0.05) is 12.1 Å². The summed E-state index contributed by atoms with van der Waals surface area (Å²) in [6.07, 6.45) is 1.95. The number of hydrogen-bond donors (Lipinski definition) is 2. The smallest absolute Gasteiger partial charge is 0.208 e. The maximum Gasteiger partial charge on any atom is 0.208 e. The summed E-state index contributed by atoms with van der Waals surface area (Å²) in [4.78, 5) is 0. The Morgan fingerprint density at radius 1 is 1.22 bits per heavy atom. The van der Waals surface area contributed by atoms with Crippen LogP contribution in [0.4, 0.5) is 0 Å². The third kappa shape index (κ3) is 6.67. The van der Waals surface area contributed by atoms with Crippen molar-refractivity contribution in [3.8, 4) is 0 Å². The van der Waals surface area contributed by atoms with Gasteiger partial charge in [-0.3, -0.25) is 0 Å². The van der Waals surface area contributed by atoms with Crippen molar-refractivity contribution in [3.63, 3.8) is 0 Å². The minimum Gasteiger partial charge on any atom is -0.310 e. The van der Waals surface area contributed by atoms with Gasteiger partial charge in [-0.2, -0.15) is 0 Å². The fourth-order valence-corrected chi connectivity index (χ4v) is 2.41. The highest BCUT2D eigenvalue weighted by atomic mass is 127. The van der Waals surface area contributed by atoms with Crippen LogP contribution in [0.3, 0.4) is 0 Å². The van der Waals surface area contributed by atoms with Crippen molar-refractivity contribution in [3.05, 3.63) is 33.4 Å². The summed E-state index contributed by atoms with van der Waals surface area (Å²) in [5.41, 5.74) is 1.24. The SMILES string of the molecule is CC(NCCCNS(C)(=O)=O)c1ccc(I)cc1. The molecule has 6 heteroatoms. The van der Waals surface area contributed by atoms with Crippen LogP contribution in [-0.2, 0) is 10.0 Å². The number of benzene rings is 1. The molecule has 0 radical (unpaired) electrons. The molecule has 0 aliphatic carbocycles. The van der Waals surface area contributed by atoms with Crippen molar-refractivity contribution in [1.82, 2.24) is 10.0 Å². The van der Waals surface area contributed by atoms with Crippen molar-refractivity contribution in [2.75, 3.05) is 19.3 Å². The van der Waals surface area contributed by atoms with Gasteiger partial charge in [0.1, 0.15) is 0 Å². The van der Waals surface area contributed by atoms with Crippen LogP contribution < -0.4 is 10.0 Å². The molecule has 0 aliphatic rings. The van der Waals surface area contributed by atoms with Crippen LogP contribution in [0, 0.1) is 3.57 Å². The lowest BCUT2D eigenvalue weighted by molar-refractivity contribution is 0.548. The molecular formula is C12H19IN2O2S. The molecule has 0 fully saturated rings. The minimum absolute atomic E-state index is 0.278. The lowest BCUT2D eigenvalue weighted by Gasteiger charge is -2.14. The molecule has 0 spiro atoms. The van der Waals surface area contributed by atoms with Crippen molar-refractivity contribution >= 4 is 32.6 Å². The standard InChI is InChI=1S/C12H19IN2O2S/c1-10(11-4-6-12(13)7-5-11)14-8-3-9-15-18(2,16)17/h4-7,10,14-15H,3,8-9H2,1-2H3. The van der Waals surface area contributed by atoms with Crippen molar-refractivity contribution in [2.24, 2.45) is 0 Å². The minimum atomic E-state index is -3.06. The lowest BCUT2D eigenvalue weighted by atomic mass is 10.1. The Hall–Kier alpha value is -0.180. The van der Waals surface area contributed by atoms with E-state index in [1.165, 1.54) is 15.4 Å². The molecule has 1 rings (SSSR count). The number of nitrogens with one attached hydrogen (secondary N) is 2. The second-order valence-corrected chi connectivity index (χ2v) is 7.33.